The number of ether oxygens (including phenoxy) is 1. The summed E-state index contributed by atoms with van der Waals surface area (Å²) in [6.07, 6.45) is 0. The number of amides is 1. The normalized spacial score (nSPS) is 18.7. The number of halogens is 2. The van der Waals surface area contributed by atoms with Gasteiger partial charge in [0.25, 0.3) is 0 Å². The highest BCUT2D eigenvalue weighted by Crippen LogP contribution is 2.47. The molecule has 2 aromatic carbocycles. The van der Waals surface area contributed by atoms with Gasteiger partial charge in [0, 0.05) is 18.4 Å². The zero-order valence-corrected chi connectivity index (χ0v) is 13.4. The van der Waals surface area contributed by atoms with Crippen LogP contribution in [0.5, 0.6) is 0 Å². The zero-order chi connectivity index (χ0) is 18.2. The molecule has 0 aliphatic carbocycles. The van der Waals surface area contributed by atoms with Gasteiger partial charge in [-0.15, -0.1) is 0 Å². The van der Waals surface area contributed by atoms with E-state index < -0.39 is 23.1 Å². The predicted molar refractivity (Wildman–Crippen MR) is 86.7 cm³/mol. The van der Waals surface area contributed by atoms with Crippen LogP contribution in [0.4, 0.5) is 14.5 Å². The summed E-state index contributed by atoms with van der Waals surface area (Å²) in [7, 11) is 1.42. The fraction of sp³-hybridized carbons (Fsp3) is 0.222. The summed E-state index contributed by atoms with van der Waals surface area (Å²) in [4.78, 5) is 13.0. The third-order valence-electron chi connectivity index (χ3n) is 4.41. The van der Waals surface area contributed by atoms with Crippen molar-refractivity contribution in [1.82, 2.24) is 0 Å². The monoisotopic (exact) mass is 343 g/mol. The fourth-order valence-electron chi connectivity index (χ4n) is 3.35. The van der Waals surface area contributed by atoms with Gasteiger partial charge in [-0.25, -0.2) is 8.78 Å². The Hall–Kier alpha value is -2.98. The lowest BCUT2D eigenvalue weighted by Crippen LogP contribution is -2.40. The van der Waals surface area contributed by atoms with E-state index in [1.807, 2.05) is 6.07 Å². The summed E-state index contributed by atoms with van der Waals surface area (Å²) >= 11 is 0. The number of rotatable bonds is 4. The largest absolute Gasteiger partial charge is 0.368 e. The first-order chi connectivity index (χ1) is 11.9. The van der Waals surface area contributed by atoms with E-state index in [4.69, 9.17) is 10.5 Å². The first kappa shape index (κ1) is 16.9. The van der Waals surface area contributed by atoms with E-state index in [-0.39, 0.29) is 18.7 Å². The number of anilines is 1. The van der Waals surface area contributed by atoms with Crippen molar-refractivity contribution in [2.24, 2.45) is 5.73 Å². The molecule has 25 heavy (non-hydrogen) atoms. The van der Waals surface area contributed by atoms with Crippen LogP contribution >= 0.6 is 0 Å². The molecule has 0 aromatic heterocycles. The van der Waals surface area contributed by atoms with Gasteiger partial charge in [0.2, 0.25) is 5.91 Å². The van der Waals surface area contributed by atoms with Gasteiger partial charge in [0.05, 0.1) is 18.7 Å². The Labute approximate surface area is 143 Å². The van der Waals surface area contributed by atoms with Crippen LogP contribution in [0.1, 0.15) is 16.7 Å². The smallest absolute Gasteiger partial charge is 0.236 e. The minimum atomic E-state index is -1.22. The molecule has 7 heteroatoms. The van der Waals surface area contributed by atoms with Crippen LogP contribution in [-0.2, 0) is 15.1 Å². The third kappa shape index (κ3) is 2.61. The van der Waals surface area contributed by atoms with Gasteiger partial charge in [-0.3, -0.25) is 4.79 Å². The summed E-state index contributed by atoms with van der Waals surface area (Å²) in [6, 6.07) is 10.1. The molecule has 128 valence electrons. The number of carbonyl (C=O) groups is 1. The Balaban J connectivity index is 2.28. The van der Waals surface area contributed by atoms with E-state index in [1.54, 1.807) is 4.90 Å². The van der Waals surface area contributed by atoms with Crippen LogP contribution in [0.15, 0.2) is 36.4 Å². The van der Waals surface area contributed by atoms with E-state index in [2.05, 4.69) is 0 Å². The van der Waals surface area contributed by atoms with Crippen molar-refractivity contribution in [3.05, 3.63) is 64.7 Å². The Morgan fingerprint density at radius 2 is 2.00 bits per heavy atom. The Kier molecular flexibility index (Phi) is 4.15. The first-order valence-corrected chi connectivity index (χ1v) is 7.50. The quantitative estimate of drug-likeness (QED) is 0.921. The van der Waals surface area contributed by atoms with Gasteiger partial charge in [0.15, 0.2) is 0 Å². The van der Waals surface area contributed by atoms with Gasteiger partial charge in [0.1, 0.15) is 23.3 Å². The molecule has 1 aliphatic heterocycles. The standard InChI is InChI=1S/C18H15F2N3O2/c1-25-18(11-2-4-12(19)5-3-11)10-23(9-16(22)24)15-7-6-14(20)13(8-21)17(15)18/h2-7H,9-10H2,1H3,(H2,22,24)/t18-/m0/s1. The average Bonchev–Trinajstić information content (AvgIpc) is 2.89. The van der Waals surface area contributed by atoms with Crippen LogP contribution < -0.4 is 10.6 Å². The van der Waals surface area contributed by atoms with Gasteiger partial charge < -0.3 is 15.4 Å². The van der Waals surface area contributed by atoms with Gasteiger partial charge in [-0.05, 0) is 29.8 Å². The number of fused-ring (bicyclic) bond motifs is 1. The van der Waals surface area contributed by atoms with Crippen molar-refractivity contribution < 1.29 is 18.3 Å². The van der Waals surface area contributed by atoms with Crippen molar-refractivity contribution in [2.75, 3.05) is 25.1 Å². The number of carbonyl (C=O) groups excluding carboxylic acids is 1. The molecule has 0 saturated heterocycles. The van der Waals surface area contributed by atoms with E-state index in [9.17, 15) is 18.8 Å². The Bertz CT molecular complexity index is 877. The maximum absolute atomic E-state index is 14.2. The fourth-order valence-corrected chi connectivity index (χ4v) is 3.35. The van der Waals surface area contributed by atoms with Crippen molar-refractivity contribution in [3.63, 3.8) is 0 Å². The number of nitriles is 1. The Morgan fingerprint density at radius 3 is 2.56 bits per heavy atom. The third-order valence-corrected chi connectivity index (χ3v) is 4.41. The minimum absolute atomic E-state index is 0.115. The van der Waals surface area contributed by atoms with Crippen LogP contribution in [-0.4, -0.2) is 26.1 Å². The topological polar surface area (TPSA) is 79.3 Å². The number of methoxy groups -OCH3 is 1. The molecule has 0 saturated carbocycles. The van der Waals surface area contributed by atoms with Crippen LogP contribution in [0, 0.1) is 23.0 Å². The molecule has 0 unspecified atom stereocenters. The highest BCUT2D eigenvalue weighted by atomic mass is 19.1. The second-order valence-corrected chi connectivity index (χ2v) is 5.79. The molecule has 1 atom stereocenters. The molecule has 3 rings (SSSR count). The first-order valence-electron chi connectivity index (χ1n) is 7.50. The maximum Gasteiger partial charge on any atom is 0.236 e. The van der Waals surface area contributed by atoms with Crippen molar-refractivity contribution in [1.29, 1.82) is 5.26 Å². The minimum Gasteiger partial charge on any atom is -0.368 e. The van der Waals surface area contributed by atoms with Crippen molar-refractivity contribution >= 4 is 11.6 Å². The number of benzene rings is 2. The van der Waals surface area contributed by atoms with Gasteiger partial charge in [-0.2, -0.15) is 5.26 Å². The highest BCUT2D eigenvalue weighted by molar-refractivity contribution is 5.82. The molecule has 1 aliphatic rings. The maximum atomic E-state index is 14.2. The number of hydrogen-bond acceptors (Lipinski definition) is 4. The average molecular weight is 343 g/mol. The lowest BCUT2D eigenvalue weighted by atomic mass is 9.85. The molecule has 0 radical (unpaired) electrons. The Morgan fingerprint density at radius 1 is 1.32 bits per heavy atom. The lowest BCUT2D eigenvalue weighted by molar-refractivity contribution is -0.116. The molecule has 0 spiro atoms. The van der Waals surface area contributed by atoms with Crippen molar-refractivity contribution in [3.8, 4) is 6.07 Å². The summed E-state index contributed by atoms with van der Waals surface area (Å²) in [5, 5.41) is 9.45. The zero-order valence-electron chi connectivity index (χ0n) is 13.4. The number of primary amides is 1. The molecular weight excluding hydrogens is 328 g/mol. The van der Waals surface area contributed by atoms with Crippen LogP contribution in [0.2, 0.25) is 0 Å². The SMILES string of the molecule is CO[C@]1(c2ccc(F)cc2)CN(CC(N)=O)c2ccc(F)c(C#N)c21. The summed E-state index contributed by atoms with van der Waals surface area (Å²) in [6.45, 7) is 0.0291. The molecule has 0 bridgehead atoms. The second kappa shape index (κ2) is 6.15. The second-order valence-electron chi connectivity index (χ2n) is 5.79. The van der Waals surface area contributed by atoms with E-state index >= 15 is 0 Å². The summed E-state index contributed by atoms with van der Waals surface area (Å²) < 4.78 is 33.3. The molecule has 1 amide bonds. The van der Waals surface area contributed by atoms with Crippen LogP contribution in [0.3, 0.4) is 0 Å². The summed E-state index contributed by atoms with van der Waals surface area (Å²) in [5.41, 5.74) is 5.27. The predicted octanol–water partition coefficient (Wildman–Crippen LogP) is 2.03. The number of nitrogens with two attached hydrogens (primary N) is 1. The molecule has 1 heterocycles. The van der Waals surface area contributed by atoms with Crippen molar-refractivity contribution in [2.45, 2.75) is 5.60 Å². The van der Waals surface area contributed by atoms with Gasteiger partial charge >= 0.3 is 0 Å². The highest BCUT2D eigenvalue weighted by Gasteiger charge is 2.47. The molecule has 0 fully saturated rings. The number of hydrogen-bond donors (Lipinski definition) is 1. The number of nitrogens with zero attached hydrogens (tertiary/aromatic N) is 2. The molecular formula is C18H15F2N3O2. The van der Waals surface area contributed by atoms with E-state index in [0.717, 1.165) is 0 Å². The molecule has 5 nitrogen and oxygen atoms in total. The molecule has 2 aromatic rings. The van der Waals surface area contributed by atoms with Gasteiger partial charge in [-0.1, -0.05) is 12.1 Å². The van der Waals surface area contributed by atoms with E-state index in [1.165, 1.54) is 43.5 Å². The van der Waals surface area contributed by atoms with E-state index in [0.29, 0.717) is 16.8 Å². The lowest BCUT2D eigenvalue weighted by Gasteiger charge is -2.30. The van der Waals surface area contributed by atoms with Crippen LogP contribution in [0.25, 0.3) is 0 Å². The summed E-state index contributed by atoms with van der Waals surface area (Å²) in [5.74, 6) is -1.69. The molecule has 2 N–H and O–H groups in total.